The first-order valence-electron chi connectivity index (χ1n) is 14.5. The van der Waals surface area contributed by atoms with E-state index in [1.165, 1.54) is 96.1 Å². The van der Waals surface area contributed by atoms with Crippen molar-refractivity contribution in [1.82, 2.24) is 0 Å². The van der Waals surface area contributed by atoms with Gasteiger partial charge in [-0.2, -0.15) is 0 Å². The van der Waals surface area contributed by atoms with Gasteiger partial charge in [-0.15, -0.1) is 0 Å². The number of para-hydroxylation sites is 2. The lowest BCUT2D eigenvalue weighted by Crippen LogP contribution is -2.42. The Morgan fingerprint density at radius 2 is 0.868 bits per heavy atom. The second-order valence-electron chi connectivity index (χ2n) is 11.8. The van der Waals surface area contributed by atoms with Gasteiger partial charge in [-0.25, -0.2) is 0 Å². The zero-order valence-corrected chi connectivity index (χ0v) is 22.8. The van der Waals surface area contributed by atoms with Gasteiger partial charge in [0.25, 0.3) is 0 Å². The van der Waals surface area contributed by atoms with Crippen molar-refractivity contribution < 1.29 is 0 Å². The Hall–Kier alpha value is -3.52. The molecule has 2 aliphatic carbocycles. The number of rotatable bonds is 0. The maximum Gasteiger partial charge on any atom is 0.0650 e. The molecule has 1 heterocycles. The summed E-state index contributed by atoms with van der Waals surface area (Å²) >= 11 is 0. The summed E-state index contributed by atoms with van der Waals surface area (Å²) in [6, 6.07) is 37.2. The molecule has 2 nitrogen and oxygen atoms in total. The molecule has 0 atom stereocenters. The second-order valence-corrected chi connectivity index (χ2v) is 11.8. The van der Waals surface area contributed by atoms with E-state index in [2.05, 4.69) is 121 Å². The lowest BCUT2D eigenvalue weighted by Gasteiger charge is -2.44. The summed E-state index contributed by atoms with van der Waals surface area (Å²) in [7, 11) is 4.68. The Kier molecular flexibility index (Phi) is 5.62. The molecule has 7 rings (SSSR count). The predicted octanol–water partition coefficient (Wildman–Crippen LogP) is 9.15. The minimum Gasteiger partial charge on any atom is -0.364 e. The first-order valence-corrected chi connectivity index (χ1v) is 14.5. The molecular weight excluding hydrogens is 460 g/mol. The van der Waals surface area contributed by atoms with E-state index in [1.807, 2.05) is 0 Å². The van der Waals surface area contributed by atoms with E-state index in [0.29, 0.717) is 0 Å². The Labute approximate surface area is 227 Å². The molecule has 0 aromatic heterocycles. The maximum atomic E-state index is 2.62. The first-order chi connectivity index (χ1) is 18.6. The predicted molar refractivity (Wildman–Crippen MR) is 161 cm³/mol. The summed E-state index contributed by atoms with van der Waals surface area (Å²) in [4.78, 5) is 5.24. The molecule has 4 aromatic carbocycles. The average Bonchev–Trinajstić information content (AvgIpc) is 3.68. The summed E-state index contributed by atoms with van der Waals surface area (Å²) < 4.78 is 0. The van der Waals surface area contributed by atoms with Crippen molar-refractivity contribution in [3.63, 3.8) is 0 Å². The van der Waals surface area contributed by atoms with Crippen LogP contribution >= 0.6 is 0 Å². The van der Waals surface area contributed by atoms with Crippen molar-refractivity contribution in [2.24, 2.45) is 0 Å². The molecule has 2 spiro atoms. The van der Waals surface area contributed by atoms with Gasteiger partial charge in [0.1, 0.15) is 0 Å². The topological polar surface area (TPSA) is 6.48 Å². The third-order valence-corrected chi connectivity index (χ3v) is 10.1. The maximum absolute atomic E-state index is 2.62. The lowest BCUT2D eigenvalue weighted by atomic mass is 9.81. The van der Waals surface area contributed by atoms with E-state index >= 15 is 0 Å². The third kappa shape index (κ3) is 3.46. The largest absolute Gasteiger partial charge is 0.364 e. The Balaban J connectivity index is 1.55. The highest BCUT2D eigenvalue weighted by atomic mass is 15.2. The van der Waals surface area contributed by atoms with E-state index in [1.54, 1.807) is 0 Å². The summed E-state index contributed by atoms with van der Waals surface area (Å²) in [6.45, 7) is 0. The van der Waals surface area contributed by atoms with Crippen LogP contribution < -0.4 is 9.80 Å². The van der Waals surface area contributed by atoms with Crippen LogP contribution in [0.2, 0.25) is 0 Å². The minimum atomic E-state index is 0.00135. The van der Waals surface area contributed by atoms with Crippen LogP contribution in [0.15, 0.2) is 97.1 Å². The average molecular weight is 499 g/mol. The van der Waals surface area contributed by atoms with Crippen molar-refractivity contribution in [3.05, 3.63) is 108 Å². The summed E-state index contributed by atoms with van der Waals surface area (Å²) in [5, 5.41) is 0. The van der Waals surface area contributed by atoms with Crippen LogP contribution in [0.4, 0.5) is 11.4 Å². The van der Waals surface area contributed by atoms with Gasteiger partial charge < -0.3 is 9.80 Å². The highest BCUT2D eigenvalue weighted by Gasteiger charge is 2.42. The number of hydrogen-bond acceptors (Lipinski definition) is 2. The van der Waals surface area contributed by atoms with E-state index in [4.69, 9.17) is 0 Å². The van der Waals surface area contributed by atoms with Crippen LogP contribution in [0.3, 0.4) is 0 Å². The summed E-state index contributed by atoms with van der Waals surface area (Å²) in [5.41, 5.74) is 10.9. The molecule has 0 saturated heterocycles. The highest BCUT2D eigenvalue weighted by Crippen LogP contribution is 2.51. The van der Waals surface area contributed by atoms with Gasteiger partial charge in [0.2, 0.25) is 0 Å². The van der Waals surface area contributed by atoms with Crippen molar-refractivity contribution in [2.75, 3.05) is 23.9 Å². The Bertz CT molecular complexity index is 1360. The van der Waals surface area contributed by atoms with Crippen LogP contribution in [0.25, 0.3) is 22.3 Å². The molecule has 0 radical (unpaired) electrons. The quantitative estimate of drug-likeness (QED) is 0.238. The van der Waals surface area contributed by atoms with Gasteiger partial charge in [0.15, 0.2) is 0 Å². The van der Waals surface area contributed by atoms with Gasteiger partial charge in [-0.05, 0) is 72.2 Å². The standard InChI is InChI=1S/C36H38N2/c1-37-33-19-5-3-17-31(33)27-13-12-16-30(26-27)36(23-9-10-24-36)38(2)34-20-6-4-18-32(34)28-14-11-15-29(25-28)35(37)21-7-8-22-35/h3-6,11-20,25-26H,7-10,21-24H2,1-2H3. The molecule has 4 aromatic rings. The number of benzene rings is 4. The van der Waals surface area contributed by atoms with E-state index in [-0.39, 0.29) is 11.1 Å². The fraction of sp³-hybridized carbons (Fsp3) is 0.333. The van der Waals surface area contributed by atoms with Gasteiger partial charge in [-0.1, -0.05) is 98.5 Å². The molecule has 2 heteroatoms. The van der Waals surface area contributed by atoms with Crippen molar-refractivity contribution in [3.8, 4) is 22.3 Å². The molecular formula is C36H38N2. The van der Waals surface area contributed by atoms with Gasteiger partial charge in [0.05, 0.1) is 11.1 Å². The van der Waals surface area contributed by atoms with Gasteiger partial charge >= 0.3 is 0 Å². The molecule has 0 amide bonds. The number of anilines is 2. The first kappa shape index (κ1) is 23.6. The van der Waals surface area contributed by atoms with Gasteiger partial charge in [0, 0.05) is 36.6 Å². The van der Waals surface area contributed by atoms with Crippen LogP contribution in [0, 0.1) is 0 Å². The second kappa shape index (κ2) is 9.05. The lowest BCUT2D eigenvalue weighted by molar-refractivity contribution is 0.432. The zero-order valence-electron chi connectivity index (χ0n) is 22.8. The molecule has 0 unspecified atom stereocenters. The Morgan fingerprint density at radius 1 is 0.474 bits per heavy atom. The minimum absolute atomic E-state index is 0.00135. The van der Waals surface area contributed by atoms with E-state index in [9.17, 15) is 0 Å². The molecule has 1 aliphatic heterocycles. The highest BCUT2D eigenvalue weighted by molar-refractivity contribution is 5.82. The zero-order chi connectivity index (χ0) is 25.7. The van der Waals surface area contributed by atoms with Crippen molar-refractivity contribution in [1.29, 1.82) is 0 Å². The molecule has 3 aliphatic rings. The molecule has 4 bridgehead atoms. The number of fused-ring (bicyclic) bond motifs is 10. The molecule has 2 saturated carbocycles. The molecule has 192 valence electrons. The normalized spacial score (nSPS) is 19.3. The monoisotopic (exact) mass is 498 g/mol. The van der Waals surface area contributed by atoms with Crippen LogP contribution in [-0.4, -0.2) is 14.1 Å². The number of nitrogens with zero attached hydrogens (tertiary/aromatic N) is 2. The van der Waals surface area contributed by atoms with Crippen molar-refractivity contribution in [2.45, 2.75) is 62.4 Å². The van der Waals surface area contributed by atoms with Gasteiger partial charge in [-0.3, -0.25) is 0 Å². The molecule has 38 heavy (non-hydrogen) atoms. The van der Waals surface area contributed by atoms with E-state index in [0.717, 1.165) is 0 Å². The third-order valence-electron chi connectivity index (χ3n) is 10.1. The number of hydrogen-bond donors (Lipinski definition) is 0. The van der Waals surface area contributed by atoms with Crippen LogP contribution in [0.1, 0.15) is 62.5 Å². The molecule has 2 fully saturated rings. The van der Waals surface area contributed by atoms with Crippen LogP contribution in [0.5, 0.6) is 0 Å². The fourth-order valence-corrected chi connectivity index (χ4v) is 7.99. The summed E-state index contributed by atoms with van der Waals surface area (Å²) in [6.07, 6.45) is 9.83. The van der Waals surface area contributed by atoms with Crippen LogP contribution in [-0.2, 0) is 11.1 Å². The molecule has 0 N–H and O–H groups in total. The Morgan fingerprint density at radius 3 is 1.29 bits per heavy atom. The van der Waals surface area contributed by atoms with Crippen molar-refractivity contribution >= 4 is 11.4 Å². The SMILES string of the molecule is CN1c2ccccc2-c2cccc(c2)C2(CCCC2)N(C)c2ccccc2-c2cccc(c2)C12CCCC2. The van der Waals surface area contributed by atoms with E-state index < -0.39 is 0 Å². The smallest absolute Gasteiger partial charge is 0.0650 e. The fourth-order valence-electron chi connectivity index (χ4n) is 7.99. The summed E-state index contributed by atoms with van der Waals surface area (Å²) in [5.74, 6) is 0.